The van der Waals surface area contributed by atoms with E-state index < -0.39 is 0 Å². The summed E-state index contributed by atoms with van der Waals surface area (Å²) in [4.78, 5) is 22.3. The van der Waals surface area contributed by atoms with E-state index in [4.69, 9.17) is 9.47 Å². The molecule has 0 radical (unpaired) electrons. The van der Waals surface area contributed by atoms with Crippen LogP contribution in [0.5, 0.6) is 0 Å². The third kappa shape index (κ3) is 8.07. The minimum Gasteiger partial charge on any atom is -0.469 e. The second-order valence-corrected chi connectivity index (χ2v) is 4.75. The van der Waals surface area contributed by atoms with Crippen LogP contribution in [-0.2, 0) is 23.8 Å². The maximum atomic E-state index is 11.4. The van der Waals surface area contributed by atoms with Gasteiger partial charge in [-0.3, -0.25) is 9.59 Å². The second kappa shape index (κ2) is 10.6. The number of ether oxygens (including phenoxy) is 3. The summed E-state index contributed by atoms with van der Waals surface area (Å²) in [5.74, 6) is -0.403. The molecule has 0 bridgehead atoms. The minimum absolute atomic E-state index is 0.0468. The lowest BCUT2D eigenvalue weighted by molar-refractivity contribution is -0.162. The Balaban J connectivity index is 1.98. The van der Waals surface area contributed by atoms with E-state index in [0.29, 0.717) is 6.61 Å². The highest BCUT2D eigenvalue weighted by Crippen LogP contribution is 2.13. The first-order chi connectivity index (χ1) is 9.72. The lowest BCUT2D eigenvalue weighted by Crippen LogP contribution is -2.22. The Labute approximate surface area is 120 Å². The topological polar surface area (TPSA) is 61.8 Å². The fourth-order valence-corrected chi connectivity index (χ4v) is 1.88. The quantitative estimate of drug-likeness (QED) is 0.369. The van der Waals surface area contributed by atoms with Crippen LogP contribution in [-0.4, -0.2) is 38.4 Å². The zero-order valence-electron chi connectivity index (χ0n) is 12.1. The van der Waals surface area contributed by atoms with E-state index in [9.17, 15) is 9.59 Å². The van der Waals surface area contributed by atoms with E-state index in [1.54, 1.807) is 0 Å². The predicted molar refractivity (Wildman–Crippen MR) is 74.2 cm³/mol. The smallest absolute Gasteiger partial charge is 0.305 e. The third-order valence-corrected chi connectivity index (χ3v) is 3.06. The Morgan fingerprint density at radius 3 is 2.85 bits per heavy atom. The van der Waals surface area contributed by atoms with Gasteiger partial charge in [-0.25, -0.2) is 0 Å². The lowest BCUT2D eigenvalue weighted by atomic mass is 10.2. The number of unbranched alkanes of at least 4 members (excludes halogenated alkanes) is 1. The molecule has 1 atom stereocenters. The molecule has 0 amide bonds. The highest BCUT2D eigenvalue weighted by atomic mass is 16.7. The van der Waals surface area contributed by atoms with E-state index >= 15 is 0 Å². The van der Waals surface area contributed by atoms with Gasteiger partial charge < -0.3 is 14.2 Å². The van der Waals surface area contributed by atoms with Gasteiger partial charge in [-0.15, -0.1) is 0 Å². The number of esters is 1. The van der Waals surface area contributed by atoms with Crippen LogP contribution in [0.15, 0.2) is 12.2 Å². The van der Waals surface area contributed by atoms with Gasteiger partial charge in [0.1, 0.15) is 0 Å². The van der Waals surface area contributed by atoms with Crippen molar-refractivity contribution in [3.8, 4) is 0 Å². The van der Waals surface area contributed by atoms with Gasteiger partial charge >= 0.3 is 5.97 Å². The molecule has 1 heterocycles. The fraction of sp³-hybridized carbons (Fsp3) is 0.733. The second-order valence-electron chi connectivity index (χ2n) is 4.75. The van der Waals surface area contributed by atoms with Gasteiger partial charge in [-0.05, 0) is 38.2 Å². The fourth-order valence-electron chi connectivity index (χ4n) is 1.88. The lowest BCUT2D eigenvalue weighted by Gasteiger charge is -2.22. The van der Waals surface area contributed by atoms with Gasteiger partial charge in [0, 0.05) is 13.0 Å². The number of ketones is 1. The standard InChI is InChI=1S/C15H24O5/c1-18-14(17)10-9-13(16)7-3-2-5-11-19-15-8-4-6-12-20-15/h3,7,15H,2,4-6,8-12H2,1H3/b7-3+. The van der Waals surface area contributed by atoms with Crippen molar-refractivity contribution < 1.29 is 23.8 Å². The Kier molecular flexibility index (Phi) is 8.91. The molecule has 5 nitrogen and oxygen atoms in total. The molecule has 0 aromatic rings. The molecule has 0 aromatic heterocycles. The number of hydrogen-bond donors (Lipinski definition) is 0. The van der Waals surface area contributed by atoms with E-state index in [0.717, 1.165) is 32.3 Å². The molecule has 5 heteroatoms. The number of hydrogen-bond acceptors (Lipinski definition) is 5. The van der Waals surface area contributed by atoms with Crippen LogP contribution in [0.4, 0.5) is 0 Å². The molecule has 0 N–H and O–H groups in total. The number of carbonyl (C=O) groups excluding carboxylic acids is 2. The molecular weight excluding hydrogens is 260 g/mol. The molecule has 1 fully saturated rings. The van der Waals surface area contributed by atoms with E-state index in [1.807, 2.05) is 6.08 Å². The van der Waals surface area contributed by atoms with Crippen molar-refractivity contribution in [1.82, 2.24) is 0 Å². The average Bonchev–Trinajstić information content (AvgIpc) is 2.49. The van der Waals surface area contributed by atoms with Gasteiger partial charge in [0.2, 0.25) is 0 Å². The summed E-state index contributed by atoms with van der Waals surface area (Å²) in [5, 5.41) is 0. The highest BCUT2D eigenvalue weighted by Gasteiger charge is 2.13. The maximum absolute atomic E-state index is 11.4. The summed E-state index contributed by atoms with van der Waals surface area (Å²) >= 11 is 0. The first kappa shape index (κ1) is 16.9. The summed E-state index contributed by atoms with van der Waals surface area (Å²) in [6.07, 6.45) is 8.56. The molecule has 1 saturated heterocycles. The molecule has 1 aliphatic heterocycles. The molecular formula is C15H24O5. The summed E-state index contributed by atoms with van der Waals surface area (Å²) in [7, 11) is 1.32. The van der Waals surface area contributed by atoms with Crippen LogP contribution in [0.2, 0.25) is 0 Å². The molecule has 0 aliphatic carbocycles. The monoisotopic (exact) mass is 284 g/mol. The Hall–Kier alpha value is -1.20. The largest absolute Gasteiger partial charge is 0.469 e. The van der Waals surface area contributed by atoms with Crippen molar-refractivity contribution in [2.24, 2.45) is 0 Å². The first-order valence-electron chi connectivity index (χ1n) is 7.21. The Bertz CT molecular complexity index is 318. The van der Waals surface area contributed by atoms with E-state index in [2.05, 4.69) is 4.74 Å². The van der Waals surface area contributed by atoms with E-state index in [1.165, 1.54) is 19.6 Å². The molecule has 114 valence electrons. The SMILES string of the molecule is COC(=O)CCC(=O)/C=C/CCCOC1CCCCO1. The Morgan fingerprint density at radius 2 is 2.15 bits per heavy atom. The predicted octanol–water partition coefficient (Wildman–Crippen LogP) is 2.39. The van der Waals surface area contributed by atoms with Crippen LogP contribution in [0, 0.1) is 0 Å². The zero-order chi connectivity index (χ0) is 14.6. The first-order valence-corrected chi connectivity index (χ1v) is 7.21. The average molecular weight is 284 g/mol. The van der Waals surface area contributed by atoms with Crippen LogP contribution in [0.25, 0.3) is 0 Å². The summed E-state index contributed by atoms with van der Waals surface area (Å²) in [6.45, 7) is 1.44. The number of rotatable bonds is 9. The molecule has 20 heavy (non-hydrogen) atoms. The maximum Gasteiger partial charge on any atom is 0.305 e. The summed E-state index contributed by atoms with van der Waals surface area (Å²) in [5.41, 5.74) is 0. The molecule has 1 rings (SSSR count). The summed E-state index contributed by atoms with van der Waals surface area (Å²) in [6, 6.07) is 0. The third-order valence-electron chi connectivity index (χ3n) is 3.06. The van der Waals surface area contributed by atoms with Crippen LogP contribution in [0.3, 0.4) is 0 Å². The Morgan fingerprint density at radius 1 is 1.30 bits per heavy atom. The van der Waals surface area contributed by atoms with Gasteiger partial charge in [0.15, 0.2) is 12.1 Å². The van der Waals surface area contributed by atoms with Crippen molar-refractivity contribution in [3.63, 3.8) is 0 Å². The minimum atomic E-state index is -0.354. The van der Waals surface area contributed by atoms with Gasteiger partial charge in [-0.2, -0.15) is 0 Å². The van der Waals surface area contributed by atoms with E-state index in [-0.39, 0.29) is 30.9 Å². The van der Waals surface area contributed by atoms with Gasteiger partial charge in [0.25, 0.3) is 0 Å². The molecule has 0 spiro atoms. The number of carbonyl (C=O) groups is 2. The zero-order valence-corrected chi connectivity index (χ0v) is 12.1. The van der Waals surface area contributed by atoms with Crippen molar-refractivity contribution >= 4 is 11.8 Å². The normalized spacial score (nSPS) is 19.1. The molecule has 1 aliphatic rings. The molecule has 1 unspecified atom stereocenters. The van der Waals surface area contributed by atoms with Crippen molar-refractivity contribution in [2.45, 2.75) is 51.2 Å². The van der Waals surface area contributed by atoms with Crippen molar-refractivity contribution in [1.29, 1.82) is 0 Å². The highest BCUT2D eigenvalue weighted by molar-refractivity contribution is 5.91. The summed E-state index contributed by atoms with van der Waals surface area (Å²) < 4.78 is 15.5. The molecule has 0 saturated carbocycles. The number of methoxy groups -OCH3 is 1. The van der Waals surface area contributed by atoms with Crippen molar-refractivity contribution in [3.05, 3.63) is 12.2 Å². The molecule has 0 aromatic carbocycles. The van der Waals surface area contributed by atoms with Crippen LogP contribution < -0.4 is 0 Å². The van der Waals surface area contributed by atoms with Crippen LogP contribution in [0.1, 0.15) is 44.9 Å². The number of allylic oxidation sites excluding steroid dienone is 2. The van der Waals surface area contributed by atoms with Crippen LogP contribution >= 0.6 is 0 Å². The van der Waals surface area contributed by atoms with Gasteiger partial charge in [-0.1, -0.05) is 6.08 Å². The van der Waals surface area contributed by atoms with Crippen molar-refractivity contribution in [2.75, 3.05) is 20.3 Å². The van der Waals surface area contributed by atoms with Gasteiger partial charge in [0.05, 0.1) is 20.1 Å².